The number of carbonyl (C=O) groups is 1. The Labute approximate surface area is 107 Å². The lowest BCUT2D eigenvalue weighted by molar-refractivity contribution is -0.118. The van der Waals surface area contributed by atoms with Gasteiger partial charge in [-0.15, -0.1) is 0 Å². The fourth-order valence-electron chi connectivity index (χ4n) is 3.32. The van der Waals surface area contributed by atoms with E-state index < -0.39 is 0 Å². The highest BCUT2D eigenvalue weighted by atomic mass is 16.2. The summed E-state index contributed by atoms with van der Waals surface area (Å²) in [7, 11) is 0. The highest BCUT2D eigenvalue weighted by Gasteiger charge is 2.42. The van der Waals surface area contributed by atoms with Crippen LogP contribution in [0.15, 0.2) is 18.3 Å². The summed E-state index contributed by atoms with van der Waals surface area (Å²) >= 11 is 0. The molecular weight excluding hydrogens is 226 g/mol. The highest BCUT2D eigenvalue weighted by Crippen LogP contribution is 2.37. The zero-order chi connectivity index (χ0) is 12.5. The zero-order valence-electron chi connectivity index (χ0n) is 10.6. The third-order valence-corrected chi connectivity index (χ3v) is 4.19. The van der Waals surface area contributed by atoms with Crippen molar-refractivity contribution in [1.29, 1.82) is 0 Å². The number of aromatic nitrogens is 1. The molecule has 1 aliphatic heterocycles. The van der Waals surface area contributed by atoms with Gasteiger partial charge in [-0.1, -0.05) is 6.42 Å². The predicted octanol–water partition coefficient (Wildman–Crippen LogP) is 1.72. The minimum atomic E-state index is -0.00836. The minimum absolute atomic E-state index is 0.00836. The van der Waals surface area contributed by atoms with Crippen LogP contribution >= 0.6 is 0 Å². The summed E-state index contributed by atoms with van der Waals surface area (Å²) in [5.74, 6) is 1.35. The minimum Gasteiger partial charge on any atom is -0.325 e. The van der Waals surface area contributed by atoms with E-state index in [0.29, 0.717) is 11.8 Å². The first kappa shape index (κ1) is 11.7. The summed E-state index contributed by atoms with van der Waals surface area (Å²) in [6, 6.07) is 3.73. The summed E-state index contributed by atoms with van der Waals surface area (Å²) in [5.41, 5.74) is 1.77. The predicted molar refractivity (Wildman–Crippen MR) is 70.2 cm³/mol. The molecule has 4 nitrogen and oxygen atoms in total. The quantitative estimate of drug-likeness (QED) is 0.834. The van der Waals surface area contributed by atoms with Gasteiger partial charge in [-0.2, -0.15) is 0 Å². The van der Waals surface area contributed by atoms with Crippen molar-refractivity contribution in [2.75, 3.05) is 11.9 Å². The molecule has 0 radical (unpaired) electrons. The van der Waals surface area contributed by atoms with Crippen LogP contribution in [0.5, 0.6) is 0 Å². The number of pyridine rings is 1. The molecule has 4 heteroatoms. The lowest BCUT2D eigenvalue weighted by Gasteiger charge is -2.17. The summed E-state index contributed by atoms with van der Waals surface area (Å²) < 4.78 is 0. The second-order valence-electron chi connectivity index (χ2n) is 5.42. The van der Waals surface area contributed by atoms with Crippen molar-refractivity contribution < 1.29 is 4.79 Å². The summed E-state index contributed by atoms with van der Waals surface area (Å²) in [5, 5.41) is 6.36. The number of rotatable bonds is 2. The first-order chi connectivity index (χ1) is 8.74. The van der Waals surface area contributed by atoms with Gasteiger partial charge in [0.1, 0.15) is 0 Å². The molecule has 1 aromatic rings. The summed E-state index contributed by atoms with van der Waals surface area (Å²) in [6.45, 7) is 2.93. The maximum atomic E-state index is 12.3. The molecule has 96 valence electrons. The smallest absolute Gasteiger partial charge is 0.241 e. The average molecular weight is 245 g/mol. The molecule has 18 heavy (non-hydrogen) atoms. The SMILES string of the molecule is Cc1cc(NC(=O)C2NCC3CCCC32)ccn1. The van der Waals surface area contributed by atoms with E-state index >= 15 is 0 Å². The van der Waals surface area contributed by atoms with Gasteiger partial charge < -0.3 is 10.6 Å². The Kier molecular flexibility index (Phi) is 3.04. The number of amides is 1. The molecule has 2 heterocycles. The maximum absolute atomic E-state index is 12.3. The first-order valence-electron chi connectivity index (χ1n) is 6.71. The van der Waals surface area contributed by atoms with Crippen LogP contribution in [-0.4, -0.2) is 23.5 Å². The standard InChI is InChI=1S/C14H19N3O/c1-9-7-11(5-6-15-9)17-14(18)13-12-4-2-3-10(12)8-16-13/h5-7,10,12-13,16H,2-4,8H2,1H3,(H,15,17,18). The molecule has 3 atom stereocenters. The third kappa shape index (κ3) is 2.12. The Morgan fingerprint density at radius 1 is 1.50 bits per heavy atom. The van der Waals surface area contributed by atoms with Crippen molar-refractivity contribution in [1.82, 2.24) is 10.3 Å². The van der Waals surface area contributed by atoms with Crippen LogP contribution in [0.4, 0.5) is 5.69 Å². The second-order valence-corrected chi connectivity index (χ2v) is 5.42. The zero-order valence-corrected chi connectivity index (χ0v) is 10.6. The molecule has 1 saturated carbocycles. The number of hydrogen-bond donors (Lipinski definition) is 2. The monoisotopic (exact) mass is 245 g/mol. The Morgan fingerprint density at radius 3 is 3.22 bits per heavy atom. The first-order valence-corrected chi connectivity index (χ1v) is 6.71. The van der Waals surface area contributed by atoms with E-state index in [1.807, 2.05) is 19.1 Å². The molecule has 1 aromatic heterocycles. The molecule has 2 aliphatic rings. The number of carbonyl (C=O) groups excluding carboxylic acids is 1. The van der Waals surface area contributed by atoms with Crippen LogP contribution < -0.4 is 10.6 Å². The van der Waals surface area contributed by atoms with Gasteiger partial charge in [0.2, 0.25) is 5.91 Å². The van der Waals surface area contributed by atoms with Gasteiger partial charge in [-0.05, 0) is 50.3 Å². The van der Waals surface area contributed by atoms with Crippen LogP contribution in [-0.2, 0) is 4.79 Å². The molecular formula is C14H19N3O. The molecule has 1 amide bonds. The van der Waals surface area contributed by atoms with Gasteiger partial charge in [0.25, 0.3) is 0 Å². The number of aryl methyl sites for hydroxylation is 1. The van der Waals surface area contributed by atoms with E-state index in [9.17, 15) is 4.79 Å². The fraction of sp³-hybridized carbons (Fsp3) is 0.571. The number of nitrogens with zero attached hydrogens (tertiary/aromatic N) is 1. The molecule has 1 saturated heterocycles. The Balaban J connectivity index is 1.68. The lowest BCUT2D eigenvalue weighted by atomic mass is 9.93. The lowest BCUT2D eigenvalue weighted by Crippen LogP contribution is -2.39. The van der Waals surface area contributed by atoms with Crippen LogP contribution in [0.1, 0.15) is 25.0 Å². The van der Waals surface area contributed by atoms with Crippen molar-refractivity contribution in [2.45, 2.75) is 32.2 Å². The largest absolute Gasteiger partial charge is 0.325 e. The number of hydrogen-bond acceptors (Lipinski definition) is 3. The Hall–Kier alpha value is -1.42. The van der Waals surface area contributed by atoms with Gasteiger partial charge in [0.15, 0.2) is 0 Å². The van der Waals surface area contributed by atoms with E-state index in [-0.39, 0.29) is 11.9 Å². The number of anilines is 1. The van der Waals surface area contributed by atoms with Crippen LogP contribution in [0, 0.1) is 18.8 Å². The normalized spacial score (nSPS) is 30.2. The fourth-order valence-corrected chi connectivity index (χ4v) is 3.32. The molecule has 3 unspecified atom stereocenters. The summed E-state index contributed by atoms with van der Waals surface area (Å²) in [6.07, 6.45) is 5.46. The van der Waals surface area contributed by atoms with Crippen molar-refractivity contribution in [2.24, 2.45) is 11.8 Å². The number of nitrogens with one attached hydrogen (secondary N) is 2. The highest BCUT2D eigenvalue weighted by molar-refractivity contribution is 5.95. The van der Waals surface area contributed by atoms with E-state index in [2.05, 4.69) is 15.6 Å². The third-order valence-electron chi connectivity index (χ3n) is 4.19. The summed E-state index contributed by atoms with van der Waals surface area (Å²) in [4.78, 5) is 16.4. The second kappa shape index (κ2) is 4.69. The van der Waals surface area contributed by atoms with Crippen LogP contribution in [0.2, 0.25) is 0 Å². The van der Waals surface area contributed by atoms with Crippen molar-refractivity contribution in [3.63, 3.8) is 0 Å². The molecule has 2 fully saturated rings. The molecule has 1 aliphatic carbocycles. The van der Waals surface area contributed by atoms with Gasteiger partial charge in [-0.25, -0.2) is 0 Å². The van der Waals surface area contributed by atoms with Crippen molar-refractivity contribution in [3.8, 4) is 0 Å². The van der Waals surface area contributed by atoms with E-state index in [1.165, 1.54) is 19.3 Å². The van der Waals surface area contributed by atoms with Crippen molar-refractivity contribution >= 4 is 11.6 Å². The molecule has 0 bridgehead atoms. The molecule has 2 N–H and O–H groups in total. The Morgan fingerprint density at radius 2 is 2.39 bits per heavy atom. The van der Waals surface area contributed by atoms with E-state index in [0.717, 1.165) is 17.9 Å². The average Bonchev–Trinajstić information content (AvgIpc) is 2.89. The maximum Gasteiger partial charge on any atom is 0.241 e. The molecule has 0 aromatic carbocycles. The molecule has 3 rings (SSSR count). The topological polar surface area (TPSA) is 54.0 Å². The van der Waals surface area contributed by atoms with Gasteiger partial charge in [0, 0.05) is 17.6 Å². The van der Waals surface area contributed by atoms with Crippen LogP contribution in [0.25, 0.3) is 0 Å². The van der Waals surface area contributed by atoms with Gasteiger partial charge in [0.05, 0.1) is 6.04 Å². The van der Waals surface area contributed by atoms with Gasteiger partial charge >= 0.3 is 0 Å². The van der Waals surface area contributed by atoms with E-state index in [4.69, 9.17) is 0 Å². The van der Waals surface area contributed by atoms with Gasteiger partial charge in [-0.3, -0.25) is 9.78 Å². The Bertz CT molecular complexity index is 460. The van der Waals surface area contributed by atoms with Crippen molar-refractivity contribution in [3.05, 3.63) is 24.0 Å². The van der Waals surface area contributed by atoms with Crippen LogP contribution in [0.3, 0.4) is 0 Å². The molecule has 0 spiro atoms. The number of fused-ring (bicyclic) bond motifs is 1. The van der Waals surface area contributed by atoms with E-state index in [1.54, 1.807) is 6.20 Å².